The zero-order chi connectivity index (χ0) is 40.9. The molecule has 4 fully saturated rings. The number of carboxylic acid groups (broad SMARTS) is 1. The maximum Gasteiger partial charge on any atom is 0.405 e. The molecule has 7 rings (SSSR count). The van der Waals surface area contributed by atoms with E-state index in [0.29, 0.717) is 42.7 Å². The van der Waals surface area contributed by atoms with Crippen LogP contribution in [0.5, 0.6) is 11.6 Å². The number of anilines is 1. The first-order valence-corrected chi connectivity index (χ1v) is 21.4. The summed E-state index contributed by atoms with van der Waals surface area (Å²) in [6.07, 6.45) is 6.43. The Hall–Kier alpha value is -4.64. The van der Waals surface area contributed by atoms with E-state index in [1.54, 1.807) is 20.2 Å². The second-order valence-corrected chi connectivity index (χ2v) is 19.2. The van der Waals surface area contributed by atoms with Crippen molar-refractivity contribution in [3.05, 3.63) is 36.5 Å². The summed E-state index contributed by atoms with van der Waals surface area (Å²) in [5.41, 5.74) is -0.620. The number of sulfonamides is 1. The molecule has 2 saturated carbocycles. The number of nitrogens with zero attached hydrogens (tertiary/aromatic N) is 4. The molecule has 16 nitrogen and oxygen atoms in total. The number of likely N-dealkylation sites (N-methyl/N-ethyl adjacent to an activating group) is 1. The molecule has 4 heterocycles. The Balaban J connectivity index is 1.22. The Morgan fingerprint density at radius 1 is 1.07 bits per heavy atom. The number of rotatable bonds is 8. The Morgan fingerprint density at radius 3 is 2.49 bits per heavy atom. The number of ether oxygens (including phenoxy) is 2. The van der Waals surface area contributed by atoms with Crippen LogP contribution in [0.15, 0.2) is 36.5 Å². The fraction of sp³-hybridized carbons (Fsp3) is 0.625. The van der Waals surface area contributed by atoms with Gasteiger partial charge < -0.3 is 39.9 Å². The number of nitrogens with one attached hydrogen (secondary N) is 3. The minimum absolute atomic E-state index is 0.0102. The number of aromatic nitrogens is 1. The third kappa shape index (κ3) is 8.22. The van der Waals surface area contributed by atoms with Crippen LogP contribution in [0.1, 0.15) is 65.7 Å². The molecule has 2 aromatic rings. The summed E-state index contributed by atoms with van der Waals surface area (Å²) >= 11 is 0. The molecule has 0 unspecified atom stereocenters. The van der Waals surface area contributed by atoms with Gasteiger partial charge in [0.15, 0.2) is 0 Å². The normalized spacial score (nSPS) is 31.2. The molecule has 4 amide bonds. The number of piperazine rings is 1. The van der Waals surface area contributed by atoms with Crippen molar-refractivity contribution in [1.82, 2.24) is 30.1 Å². The lowest BCUT2D eigenvalue weighted by Gasteiger charge is -2.34. The summed E-state index contributed by atoms with van der Waals surface area (Å²) < 4.78 is 39.8. The van der Waals surface area contributed by atoms with E-state index in [1.165, 1.54) is 4.90 Å². The third-order valence-electron chi connectivity index (χ3n) is 12.7. The molecular weight excluding hydrogens is 755 g/mol. The minimum atomic E-state index is -4.01. The molecule has 3 aliphatic heterocycles. The highest BCUT2D eigenvalue weighted by Crippen LogP contribution is 2.48. The lowest BCUT2D eigenvalue weighted by atomic mass is 9.88. The van der Waals surface area contributed by atoms with Gasteiger partial charge in [0.1, 0.15) is 29.5 Å². The van der Waals surface area contributed by atoms with Gasteiger partial charge in [-0.15, -0.1) is 0 Å². The van der Waals surface area contributed by atoms with Crippen molar-refractivity contribution >= 4 is 50.3 Å². The van der Waals surface area contributed by atoms with Crippen LogP contribution in [0.25, 0.3) is 10.8 Å². The van der Waals surface area contributed by atoms with Gasteiger partial charge in [0.05, 0.1) is 30.3 Å². The number of carbonyl (C=O) groups excluding carboxylic acids is 3. The Bertz CT molecular complexity index is 2050. The molecule has 17 heteroatoms. The number of hydrogen-bond acceptors (Lipinski definition) is 11. The van der Waals surface area contributed by atoms with E-state index >= 15 is 0 Å². The quantitative estimate of drug-likeness (QED) is 0.285. The number of hydrogen-bond donors (Lipinski definition) is 4. The van der Waals surface area contributed by atoms with E-state index in [1.807, 2.05) is 44.2 Å². The van der Waals surface area contributed by atoms with Gasteiger partial charge in [-0.2, -0.15) is 0 Å². The van der Waals surface area contributed by atoms with Crippen molar-refractivity contribution in [3.8, 4) is 11.6 Å². The Kier molecular flexibility index (Phi) is 11.1. The van der Waals surface area contributed by atoms with Crippen LogP contribution >= 0.6 is 0 Å². The fourth-order valence-corrected chi connectivity index (χ4v) is 9.90. The van der Waals surface area contributed by atoms with Gasteiger partial charge in [0, 0.05) is 49.3 Å². The summed E-state index contributed by atoms with van der Waals surface area (Å²) in [6.45, 7) is 8.79. The molecular formula is C40H55N7O9S. The van der Waals surface area contributed by atoms with Crippen molar-refractivity contribution in [1.29, 1.82) is 0 Å². The van der Waals surface area contributed by atoms with Gasteiger partial charge >= 0.3 is 6.09 Å². The van der Waals surface area contributed by atoms with Gasteiger partial charge in [-0.3, -0.25) is 19.1 Å². The first-order valence-electron chi connectivity index (χ1n) is 20.0. The molecule has 1 aromatic heterocycles. The van der Waals surface area contributed by atoms with Crippen LogP contribution in [0.2, 0.25) is 0 Å². The number of carbonyl (C=O) groups is 4. The maximum atomic E-state index is 14.6. The number of amides is 4. The molecule has 57 heavy (non-hydrogen) atoms. The first kappa shape index (κ1) is 40.6. The van der Waals surface area contributed by atoms with Gasteiger partial charge in [-0.1, -0.05) is 26.0 Å². The number of methoxy groups -OCH3 is 1. The molecule has 0 radical (unpaired) electrons. The molecule has 0 spiro atoms. The summed E-state index contributed by atoms with van der Waals surface area (Å²) in [6, 6.07) is 3.30. The van der Waals surface area contributed by atoms with E-state index in [0.717, 1.165) is 43.7 Å². The smallest absolute Gasteiger partial charge is 0.405 e. The topological polar surface area (TPSA) is 200 Å². The number of benzene rings is 1. The molecule has 5 aliphatic rings. The predicted molar refractivity (Wildman–Crippen MR) is 212 cm³/mol. The zero-order valence-corrected chi connectivity index (χ0v) is 34.1. The van der Waals surface area contributed by atoms with E-state index in [-0.39, 0.29) is 25.3 Å². The largest absolute Gasteiger partial charge is 0.497 e. The van der Waals surface area contributed by atoms with E-state index in [4.69, 9.17) is 14.5 Å². The lowest BCUT2D eigenvalue weighted by molar-refractivity contribution is -0.142. The second kappa shape index (κ2) is 15.6. The number of allylic oxidation sites excluding steroid dienone is 1. The van der Waals surface area contributed by atoms with E-state index < -0.39 is 74.1 Å². The minimum Gasteiger partial charge on any atom is -0.497 e. The van der Waals surface area contributed by atoms with Crippen LogP contribution in [-0.4, -0.2) is 127 Å². The molecule has 0 bridgehead atoms. The van der Waals surface area contributed by atoms with Crippen LogP contribution in [0, 0.1) is 17.8 Å². The highest BCUT2D eigenvalue weighted by molar-refractivity contribution is 7.91. The standard InChI is InChI=1S/C40H55N7O9S/c1-24-8-6-7-9-26-21-40(26,37(50)44-57(53,54)39(3)12-13-39)43-34(48)31-20-28(23-47(31)36(49)33(25(2)18-24)42-38(51)52)56-35-29-11-10-27(55-5)19-30(29)32(22-41-35)46-16-14-45(4)15-17-46/h7,9-11,19,22,24-26,28,31,33,42H,6,8,12-18,20-21,23H2,1-5H3,(H,43,48)(H,44,50)(H,51,52)/b9-7-/t24-,25-,26-,28-,31+,33+,40-/m1/s1. The summed E-state index contributed by atoms with van der Waals surface area (Å²) in [4.78, 5) is 65.7. The fourth-order valence-electron chi connectivity index (χ4n) is 8.59. The highest BCUT2D eigenvalue weighted by Gasteiger charge is 2.63. The van der Waals surface area contributed by atoms with Crippen molar-refractivity contribution < 1.29 is 42.2 Å². The molecule has 4 N–H and O–H groups in total. The second-order valence-electron chi connectivity index (χ2n) is 17.0. The lowest BCUT2D eigenvalue weighted by Crippen LogP contribution is -2.59. The Morgan fingerprint density at radius 2 is 1.81 bits per heavy atom. The highest BCUT2D eigenvalue weighted by atomic mass is 32.2. The molecule has 310 valence electrons. The third-order valence-corrected chi connectivity index (χ3v) is 14.8. The number of pyridine rings is 1. The van der Waals surface area contributed by atoms with Crippen LogP contribution < -0.4 is 29.7 Å². The van der Waals surface area contributed by atoms with Crippen LogP contribution in [0.3, 0.4) is 0 Å². The molecule has 2 aliphatic carbocycles. The van der Waals surface area contributed by atoms with E-state index in [9.17, 15) is 32.7 Å². The average Bonchev–Trinajstić information content (AvgIpc) is 4.05. The zero-order valence-electron chi connectivity index (χ0n) is 33.3. The average molecular weight is 810 g/mol. The van der Waals surface area contributed by atoms with Gasteiger partial charge in [-0.05, 0) is 82.5 Å². The van der Waals surface area contributed by atoms with Crippen molar-refractivity contribution in [2.24, 2.45) is 17.8 Å². The van der Waals surface area contributed by atoms with Crippen LogP contribution in [-0.2, 0) is 24.4 Å². The van der Waals surface area contributed by atoms with Crippen molar-refractivity contribution in [2.45, 2.75) is 94.2 Å². The molecule has 2 saturated heterocycles. The monoisotopic (exact) mass is 809 g/mol. The maximum absolute atomic E-state index is 14.6. The summed E-state index contributed by atoms with van der Waals surface area (Å²) in [5, 5.41) is 16.8. The van der Waals surface area contributed by atoms with Crippen LogP contribution in [0.4, 0.5) is 10.5 Å². The van der Waals surface area contributed by atoms with Gasteiger partial charge in [0.25, 0.3) is 5.91 Å². The summed E-state index contributed by atoms with van der Waals surface area (Å²) in [7, 11) is -0.321. The molecule has 1 aromatic carbocycles. The Labute approximate surface area is 333 Å². The molecule has 7 atom stereocenters. The van der Waals surface area contributed by atoms with Gasteiger partial charge in [-0.25, -0.2) is 18.2 Å². The van der Waals surface area contributed by atoms with Crippen molar-refractivity contribution in [2.75, 3.05) is 51.8 Å². The number of fused-ring (bicyclic) bond motifs is 3. The predicted octanol–water partition coefficient (Wildman–Crippen LogP) is 2.87. The van der Waals surface area contributed by atoms with Gasteiger partial charge in [0.2, 0.25) is 27.7 Å². The van der Waals surface area contributed by atoms with Crippen molar-refractivity contribution in [3.63, 3.8) is 0 Å². The summed E-state index contributed by atoms with van der Waals surface area (Å²) in [5.74, 6) is -1.85. The SMILES string of the molecule is COc1ccc2c(O[C@@H]3C[C@H]4C(=O)N[C@]5(C(=O)NS(=O)(=O)C6(C)CC6)C[C@H]5/C=C\CC[C@@H](C)C[C@@H](C)[C@H](NC(=O)O)C(=O)N4C3)ncc(N3CCN(C)CC3)c2c1. The van der Waals surface area contributed by atoms with E-state index in [2.05, 4.69) is 32.2 Å². The first-order chi connectivity index (χ1) is 27.0.